The lowest BCUT2D eigenvalue weighted by Crippen LogP contribution is -2.67. The maximum absolute atomic E-state index is 14.8. The number of aliphatic hydroxyl groups excluding tert-OH is 10. The van der Waals surface area contributed by atoms with Crippen LogP contribution in [-0.2, 0) is 85.8 Å². The van der Waals surface area contributed by atoms with E-state index in [1.54, 1.807) is 0 Å². The van der Waals surface area contributed by atoms with Crippen molar-refractivity contribution in [2.75, 3.05) is 33.5 Å². The first-order valence-electron chi connectivity index (χ1n) is 31.6. The lowest BCUT2D eigenvalue weighted by Gasteiger charge is -2.64. The predicted octanol–water partition coefficient (Wildman–Crippen LogP) is -0.837. The van der Waals surface area contributed by atoms with Gasteiger partial charge < -0.3 is 113 Å². The van der Waals surface area contributed by atoms with Crippen LogP contribution in [0.4, 0.5) is 0 Å². The standard InChI is InChI=1S/C60H96O29S/c1-25(2)12-11-17-59(9)49-32(81-27(4)62)20-58(8)29-13-14-35-56(5,6)36(16-18-57(35,7)28(29)15-19-60(49,58)55(72)88-59)83-53-47(39(67)34(24-79-53)89-90(73,74)75)87-54-48(86-50-40(68)37(65)30(63)22-77-50)41(69)44(26(3)80-54)84-51-42(70)45(31(64)23-78-51)85-52-43(71)46(76-10)38(66)33(21-61)82-52/h13,25-26,28,30-54,61,63-71H,11-12,14-24H2,1-10H3,(H,73,74,75)/t26-,28?,30-,31-,32-,33-,34+,35-,36-,37+,38-,39-,40-,41+,42-,43-,44-,45+,46?,47+,48-,49+,50+,51+,52+,53-,54+,57+,58-,59-,60?/m0/s1. The van der Waals surface area contributed by atoms with Gasteiger partial charge >= 0.3 is 22.3 Å². The number of cyclic esters (lactones) is 1. The van der Waals surface area contributed by atoms with E-state index in [0.717, 1.165) is 12.8 Å². The number of carbonyl (C=O) groups is 2. The van der Waals surface area contributed by atoms with Crippen LogP contribution in [0.2, 0.25) is 0 Å². The van der Waals surface area contributed by atoms with Crippen molar-refractivity contribution < 1.29 is 139 Å². The summed E-state index contributed by atoms with van der Waals surface area (Å²) in [5, 5.41) is 111. The molecule has 11 N–H and O–H groups in total. The summed E-state index contributed by atoms with van der Waals surface area (Å²) in [6, 6.07) is 0. The minimum absolute atomic E-state index is 0.00396. The zero-order chi connectivity index (χ0) is 65.7. The number of esters is 2. The van der Waals surface area contributed by atoms with Gasteiger partial charge in [-0.25, -0.2) is 4.18 Å². The lowest BCUT2D eigenvalue weighted by molar-refractivity contribution is -0.399. The van der Waals surface area contributed by atoms with Crippen LogP contribution in [0.15, 0.2) is 11.6 Å². The Hall–Kier alpha value is -2.29. The number of methoxy groups -OCH3 is 1. The van der Waals surface area contributed by atoms with Crippen LogP contribution in [0.25, 0.3) is 0 Å². The molecule has 0 bridgehead atoms. The maximum atomic E-state index is 14.8. The van der Waals surface area contributed by atoms with Gasteiger partial charge in [-0.05, 0) is 93.8 Å². The van der Waals surface area contributed by atoms with E-state index in [0.29, 0.717) is 50.9 Å². The third-order valence-corrected chi connectivity index (χ3v) is 22.6. The molecule has 6 aliphatic heterocycles. The van der Waals surface area contributed by atoms with Crippen molar-refractivity contribution in [2.45, 2.75) is 273 Å². The smallest absolute Gasteiger partial charge is 0.397 e. The Kier molecular flexibility index (Phi) is 20.8. The van der Waals surface area contributed by atoms with Gasteiger partial charge in [0.15, 0.2) is 31.5 Å². The van der Waals surface area contributed by atoms with Crippen LogP contribution in [-0.4, -0.2) is 263 Å². The lowest BCUT2D eigenvalue weighted by atomic mass is 9.41. The molecule has 10 rings (SSSR count). The molecule has 516 valence electrons. The van der Waals surface area contributed by atoms with Crippen molar-refractivity contribution in [3.8, 4) is 0 Å². The summed E-state index contributed by atoms with van der Waals surface area (Å²) in [5.41, 5.74) is -2.36. The van der Waals surface area contributed by atoms with Crippen LogP contribution >= 0.6 is 0 Å². The molecule has 3 saturated carbocycles. The molecule has 6 saturated heterocycles. The minimum atomic E-state index is -5.26. The minimum Gasteiger partial charge on any atom is -0.462 e. The first kappa shape index (κ1) is 70.5. The van der Waals surface area contributed by atoms with Gasteiger partial charge in [0.2, 0.25) is 0 Å². The summed E-state index contributed by atoms with van der Waals surface area (Å²) in [7, 11) is -4.06. The number of fused-ring (bicyclic) bond motifs is 4. The second-order valence-electron chi connectivity index (χ2n) is 28.4. The first-order chi connectivity index (χ1) is 42.2. The van der Waals surface area contributed by atoms with E-state index in [9.17, 15) is 73.6 Å². The van der Waals surface area contributed by atoms with Crippen LogP contribution in [0.5, 0.6) is 0 Å². The number of aliphatic hydroxyl groups is 10. The third kappa shape index (κ3) is 12.6. The Morgan fingerprint density at radius 1 is 0.700 bits per heavy atom. The van der Waals surface area contributed by atoms with Crippen LogP contribution < -0.4 is 0 Å². The van der Waals surface area contributed by atoms with E-state index in [-0.39, 0.29) is 29.1 Å². The van der Waals surface area contributed by atoms with E-state index in [4.69, 9.17) is 65.8 Å². The third-order valence-electron chi connectivity index (χ3n) is 22.1. The Morgan fingerprint density at radius 3 is 1.98 bits per heavy atom. The maximum Gasteiger partial charge on any atom is 0.397 e. The molecule has 0 radical (unpaired) electrons. The SMILES string of the molecule is COC1[C@@H](O)[C@H](CO)O[C@H](O[C@H]2[C@H](O)[C@@H](O[C@@H]3[C@@H](O)[C@H](O[C@H]4OC[C@H](O)[C@@H](O)[C@@H]4O)[C@@H](O[C@H]4[C@H](O[C@H]5CC[C@]6(C)C7CCC89C(=O)O[C@@](C)(CCCC(C)C)[C@H]8[C@@H](OC(C)=O)C[C@@]9(C)C7=CC[C@H]6C5(C)C)OC[C@@H](OS(=O)(=O)O)[C@@H]4O)O[C@H]3C)OC[C@@H]2O)[C@H]1O. The van der Waals surface area contributed by atoms with Gasteiger partial charge in [0.05, 0.1) is 50.0 Å². The summed E-state index contributed by atoms with van der Waals surface area (Å²) in [6.07, 6.45) is -30.9. The molecule has 3 unspecified atom stereocenters. The molecular formula is C60H96O29S. The predicted molar refractivity (Wildman–Crippen MR) is 302 cm³/mol. The average Bonchev–Trinajstić information content (AvgIpc) is 1.46. The van der Waals surface area contributed by atoms with Crippen molar-refractivity contribution in [2.24, 2.45) is 45.3 Å². The highest BCUT2D eigenvalue weighted by Crippen LogP contribution is 2.77. The quantitative estimate of drug-likeness (QED) is 0.0427. The molecule has 90 heavy (non-hydrogen) atoms. The summed E-state index contributed by atoms with van der Waals surface area (Å²) in [6.45, 7) is 15.2. The largest absolute Gasteiger partial charge is 0.462 e. The van der Waals surface area contributed by atoms with Crippen LogP contribution in [0.3, 0.4) is 0 Å². The van der Waals surface area contributed by atoms with E-state index in [1.807, 2.05) is 6.92 Å². The fourth-order valence-electron chi connectivity index (χ4n) is 17.7. The van der Waals surface area contributed by atoms with Gasteiger partial charge in [0, 0.05) is 19.4 Å². The molecule has 0 aromatic carbocycles. The molecular weight excluding hydrogens is 1220 g/mol. The Balaban J connectivity index is 0.904. The number of rotatable bonds is 19. The van der Waals surface area contributed by atoms with E-state index in [2.05, 4.69) is 47.6 Å². The highest BCUT2D eigenvalue weighted by Gasteiger charge is 2.79. The van der Waals surface area contributed by atoms with Crippen molar-refractivity contribution in [1.82, 2.24) is 0 Å². The van der Waals surface area contributed by atoms with Gasteiger partial charge in [-0.15, -0.1) is 0 Å². The van der Waals surface area contributed by atoms with Gasteiger partial charge in [-0.3, -0.25) is 14.1 Å². The fraction of sp³-hybridized carbons (Fsp3) is 0.933. The highest BCUT2D eigenvalue weighted by atomic mass is 32.3. The van der Waals surface area contributed by atoms with Gasteiger partial charge in [0.1, 0.15) is 109 Å². The number of hydrogen-bond donors (Lipinski definition) is 11. The Labute approximate surface area is 523 Å². The normalized spacial score (nSPS) is 50.3. The summed E-state index contributed by atoms with van der Waals surface area (Å²) < 4.78 is 118. The van der Waals surface area contributed by atoms with Crippen molar-refractivity contribution in [3.63, 3.8) is 0 Å². The number of allylic oxidation sites excluding steroid dienone is 2. The monoisotopic (exact) mass is 1310 g/mol. The molecule has 4 aliphatic carbocycles. The second kappa shape index (κ2) is 26.6. The summed E-state index contributed by atoms with van der Waals surface area (Å²) in [5.74, 6) is -0.620. The number of hydrogen-bond acceptors (Lipinski definition) is 28. The molecule has 10 aliphatic rings. The summed E-state index contributed by atoms with van der Waals surface area (Å²) >= 11 is 0. The van der Waals surface area contributed by atoms with E-state index < -0.39 is 212 Å². The Bertz CT molecular complexity index is 2670. The highest BCUT2D eigenvalue weighted by molar-refractivity contribution is 7.80. The average molecular weight is 1310 g/mol. The summed E-state index contributed by atoms with van der Waals surface area (Å²) in [4.78, 5) is 27.6. The topological polar surface area (TPSA) is 420 Å². The van der Waals surface area contributed by atoms with Crippen molar-refractivity contribution >= 4 is 22.3 Å². The zero-order valence-electron chi connectivity index (χ0n) is 52.6. The molecule has 1 spiro atoms. The van der Waals surface area contributed by atoms with Crippen LogP contribution in [0, 0.1) is 45.3 Å². The zero-order valence-corrected chi connectivity index (χ0v) is 53.4. The number of carbonyl (C=O) groups excluding carboxylic acids is 2. The molecule has 0 aromatic rings. The van der Waals surface area contributed by atoms with Gasteiger partial charge in [-0.1, -0.05) is 59.6 Å². The molecule has 0 aromatic heterocycles. The molecule has 6 heterocycles. The molecule has 29 nitrogen and oxygen atoms in total. The van der Waals surface area contributed by atoms with Crippen molar-refractivity contribution in [3.05, 3.63) is 11.6 Å². The fourth-order valence-corrected chi connectivity index (χ4v) is 18.2. The second-order valence-corrected chi connectivity index (χ2v) is 29.5. The van der Waals surface area contributed by atoms with Crippen LogP contribution in [0.1, 0.15) is 120 Å². The Morgan fingerprint density at radius 2 is 1.32 bits per heavy atom. The molecule has 9 fully saturated rings. The van der Waals surface area contributed by atoms with Gasteiger partial charge in [-0.2, -0.15) is 8.42 Å². The number of ether oxygens (including phenoxy) is 13. The first-order valence-corrected chi connectivity index (χ1v) is 33.0. The molecule has 31 atom stereocenters. The molecule has 30 heteroatoms. The van der Waals surface area contributed by atoms with Crippen molar-refractivity contribution in [1.29, 1.82) is 0 Å². The molecule has 0 amide bonds. The van der Waals surface area contributed by atoms with E-state index >= 15 is 0 Å². The van der Waals surface area contributed by atoms with E-state index in [1.165, 1.54) is 26.5 Å². The van der Waals surface area contributed by atoms with Gasteiger partial charge in [0.25, 0.3) is 0 Å².